The first-order valence-corrected chi connectivity index (χ1v) is 9.75. The fourth-order valence-corrected chi connectivity index (χ4v) is 3.34. The van der Waals surface area contributed by atoms with Gasteiger partial charge in [0, 0.05) is 42.3 Å². The summed E-state index contributed by atoms with van der Waals surface area (Å²) in [7, 11) is 0. The second-order valence-electron chi connectivity index (χ2n) is 6.50. The quantitative estimate of drug-likeness (QED) is 0.143. The van der Waals surface area contributed by atoms with E-state index in [2.05, 4.69) is 20.3 Å². The minimum Gasteiger partial charge on any atom is -0.550 e. The van der Waals surface area contributed by atoms with Crippen LogP contribution in [0.4, 0.5) is 11.6 Å². The number of aromatic amines is 2. The molecule has 0 saturated heterocycles. The Balaban J connectivity index is 0.00000363. The van der Waals surface area contributed by atoms with Crippen LogP contribution in [-0.2, 0) is 16.0 Å². The Morgan fingerprint density at radius 3 is 2.78 bits per heavy atom. The fraction of sp³-hybridized carbons (Fsp3) is 0.222. The van der Waals surface area contributed by atoms with Gasteiger partial charge >= 0.3 is 51.4 Å². The number of primary amides is 1. The molecule has 0 spiro atoms. The molecule has 1 aliphatic heterocycles. The van der Waals surface area contributed by atoms with Crippen molar-refractivity contribution in [3.63, 3.8) is 0 Å². The third kappa shape index (κ3) is 7.45. The Bertz CT molecular complexity index is 1120. The molecule has 163 valence electrons. The molecule has 1 aliphatic rings. The Kier molecular flexibility index (Phi) is 9.97. The molecule has 2 aromatic rings. The van der Waals surface area contributed by atoms with E-state index in [0.717, 1.165) is 0 Å². The molecule has 1 unspecified atom stereocenters. The maximum atomic E-state index is 11.6. The van der Waals surface area contributed by atoms with Crippen molar-refractivity contribution >= 4 is 47.9 Å². The molecule has 3 rings (SSSR count). The van der Waals surface area contributed by atoms with E-state index in [1.165, 1.54) is 17.6 Å². The number of hydrogen-bond acceptors (Lipinski definition) is 10. The van der Waals surface area contributed by atoms with E-state index in [4.69, 9.17) is 34.9 Å². The van der Waals surface area contributed by atoms with E-state index in [1.807, 2.05) is 0 Å². The number of rotatable bonds is 8. The summed E-state index contributed by atoms with van der Waals surface area (Å²) in [5.74, 6) is -1.27. The maximum absolute atomic E-state index is 11.6. The van der Waals surface area contributed by atoms with Crippen molar-refractivity contribution < 1.29 is 75.9 Å². The van der Waals surface area contributed by atoms with Gasteiger partial charge in [-0.2, -0.15) is 4.98 Å². The summed E-state index contributed by atoms with van der Waals surface area (Å²) in [5, 5.41) is 24.1. The van der Waals surface area contributed by atoms with Crippen LogP contribution in [0.1, 0.15) is 12.0 Å². The van der Waals surface area contributed by atoms with Gasteiger partial charge in [-0.3, -0.25) is 4.79 Å². The van der Waals surface area contributed by atoms with E-state index in [1.54, 1.807) is 18.2 Å². The second-order valence-corrected chi connectivity index (χ2v) is 7.29. The average Bonchev–Trinajstić information content (AvgIpc) is 2.67. The molecule has 1 amide bonds. The molecule has 1 radical (unpaired) electrons. The standard InChI is InChI=1S/C18H19N6O5S2.K/c19-15(28)10-3-11(25)7-24(6-10)13-5-12(2-1-9(13)4-14(26)27)29-8-20-16-21-17(30)23-18(31)22-16;/h1-2,5-7,11,25H,3-4,8H2,(H2,19,28)(H,26,27)(H3,20,21,22,23,30,31);/q;+1/p-1. The first kappa shape index (κ1) is 26.6. The van der Waals surface area contributed by atoms with E-state index in [-0.39, 0.29) is 81.3 Å². The summed E-state index contributed by atoms with van der Waals surface area (Å²) in [4.78, 5) is 33.6. The first-order chi connectivity index (χ1) is 14.7. The molecule has 2 heterocycles. The molecule has 0 aliphatic carbocycles. The molecule has 6 N–H and O–H groups in total. The largest absolute Gasteiger partial charge is 1.00 e. The minimum absolute atomic E-state index is 0. The molecule has 32 heavy (non-hydrogen) atoms. The number of carbonyl (C=O) groups excluding carboxylic acids is 2. The summed E-state index contributed by atoms with van der Waals surface area (Å²) < 4.78 is 6.16. The summed E-state index contributed by atoms with van der Waals surface area (Å²) >= 11 is 9.94. The number of carbonyl (C=O) groups is 2. The number of aliphatic carboxylic acids is 1. The van der Waals surface area contributed by atoms with E-state index >= 15 is 0 Å². The summed E-state index contributed by atoms with van der Waals surface area (Å²) in [5.41, 5.74) is 6.32. The normalized spacial score (nSPS) is 15.3. The van der Waals surface area contributed by atoms with Crippen LogP contribution in [0.25, 0.3) is 0 Å². The number of aliphatic hydroxyl groups is 1. The van der Waals surface area contributed by atoms with E-state index in [0.29, 0.717) is 27.7 Å². The third-order valence-corrected chi connectivity index (χ3v) is 4.58. The van der Waals surface area contributed by atoms with Gasteiger partial charge in [0.2, 0.25) is 16.6 Å². The summed E-state index contributed by atoms with van der Waals surface area (Å²) in [6.07, 6.45) is 0.165. The molecule has 0 saturated carbocycles. The number of ether oxygens (including phenoxy) is 1. The van der Waals surface area contributed by atoms with Gasteiger partial charge in [0.15, 0.2) is 11.5 Å². The number of hydrogen-bond donors (Lipinski definition) is 5. The Morgan fingerprint density at radius 1 is 1.38 bits per heavy atom. The number of aromatic nitrogens is 3. The van der Waals surface area contributed by atoms with Crippen molar-refractivity contribution in [1.82, 2.24) is 15.0 Å². The molecule has 1 aromatic carbocycles. The van der Waals surface area contributed by atoms with Gasteiger partial charge in [0.1, 0.15) is 5.75 Å². The van der Waals surface area contributed by atoms with Gasteiger partial charge in [0.25, 0.3) is 0 Å². The minimum atomic E-state index is -1.28. The number of nitrogens with two attached hydrogens (primary N) is 1. The number of benzene rings is 1. The van der Waals surface area contributed by atoms with Gasteiger partial charge in [-0.1, -0.05) is 6.07 Å². The van der Waals surface area contributed by atoms with Crippen molar-refractivity contribution in [2.45, 2.75) is 18.9 Å². The van der Waals surface area contributed by atoms with Crippen LogP contribution in [0.5, 0.6) is 5.75 Å². The molecule has 0 fully saturated rings. The summed E-state index contributed by atoms with van der Waals surface area (Å²) in [6.45, 7) is 1.43. The van der Waals surface area contributed by atoms with Crippen LogP contribution in [0.2, 0.25) is 0 Å². The van der Waals surface area contributed by atoms with Crippen molar-refractivity contribution in [2.24, 2.45) is 5.73 Å². The number of nitrogens with zero attached hydrogens (tertiary/aromatic N) is 2. The monoisotopic (exact) mass is 501 g/mol. The van der Waals surface area contributed by atoms with Crippen molar-refractivity contribution in [3.05, 3.63) is 51.6 Å². The molecule has 0 bridgehead atoms. The number of anilines is 2. The SMILES string of the molecule is NC(=O)C1=CN(c2cc(OCNc3nc(=S)[nH]c(=S)[nH]3)ccc2CC(=O)[O-])[CH]C(O)C1.[K+]. The van der Waals surface area contributed by atoms with Gasteiger partial charge in [0.05, 0.1) is 12.6 Å². The number of nitrogens with one attached hydrogen (secondary N) is 3. The predicted molar refractivity (Wildman–Crippen MR) is 114 cm³/mol. The fourth-order valence-electron chi connectivity index (χ4n) is 2.88. The zero-order chi connectivity index (χ0) is 22.5. The molecule has 1 atom stereocenters. The van der Waals surface area contributed by atoms with Crippen LogP contribution in [0, 0.1) is 16.1 Å². The number of carboxylic acids is 1. The Labute approximate surface area is 235 Å². The van der Waals surface area contributed by atoms with Crippen LogP contribution < -0.4 is 77.2 Å². The summed E-state index contributed by atoms with van der Waals surface area (Å²) in [6, 6.07) is 4.70. The van der Waals surface area contributed by atoms with Crippen molar-refractivity contribution in [1.29, 1.82) is 0 Å². The van der Waals surface area contributed by atoms with Gasteiger partial charge < -0.3 is 45.7 Å². The topological polar surface area (TPSA) is 172 Å². The van der Waals surface area contributed by atoms with Crippen LogP contribution in [0.3, 0.4) is 0 Å². The van der Waals surface area contributed by atoms with Crippen molar-refractivity contribution in [3.8, 4) is 5.75 Å². The average molecular weight is 502 g/mol. The first-order valence-electron chi connectivity index (χ1n) is 8.93. The zero-order valence-corrected chi connectivity index (χ0v) is 21.7. The van der Waals surface area contributed by atoms with Crippen molar-refractivity contribution in [2.75, 3.05) is 16.9 Å². The Morgan fingerprint density at radius 2 is 2.12 bits per heavy atom. The van der Waals surface area contributed by atoms with Gasteiger partial charge in [-0.25, -0.2) is 0 Å². The predicted octanol–water partition coefficient (Wildman–Crippen LogP) is -2.96. The molecular formula is C18H18KN6O5S2. The number of amides is 1. The number of carboxylic acid groups (broad SMARTS) is 1. The van der Waals surface area contributed by atoms with Crippen LogP contribution in [-0.4, -0.2) is 44.8 Å². The molecule has 1 aromatic heterocycles. The molecule has 11 nitrogen and oxygen atoms in total. The zero-order valence-electron chi connectivity index (χ0n) is 17.0. The second kappa shape index (κ2) is 12.0. The van der Waals surface area contributed by atoms with Gasteiger partial charge in [-0.05, 0) is 36.1 Å². The van der Waals surface area contributed by atoms with E-state index < -0.39 is 18.0 Å². The van der Waals surface area contributed by atoms with Crippen LogP contribution in [0.15, 0.2) is 30.0 Å². The molecule has 14 heteroatoms. The number of aliphatic hydroxyl groups excluding tert-OH is 1. The van der Waals surface area contributed by atoms with Gasteiger partial charge in [-0.15, -0.1) is 0 Å². The smallest absolute Gasteiger partial charge is 0.550 e. The maximum Gasteiger partial charge on any atom is 1.00 e. The number of H-pyrrole nitrogens is 2. The van der Waals surface area contributed by atoms with E-state index in [9.17, 15) is 19.8 Å². The Hall–Kier alpha value is -1.65. The molecular weight excluding hydrogens is 483 g/mol. The third-order valence-electron chi connectivity index (χ3n) is 4.19. The van der Waals surface area contributed by atoms with Crippen LogP contribution >= 0.6 is 24.4 Å².